The fourth-order valence-electron chi connectivity index (χ4n) is 5.64. The van der Waals surface area contributed by atoms with E-state index in [-0.39, 0.29) is 11.6 Å². The van der Waals surface area contributed by atoms with E-state index in [2.05, 4.69) is 75.4 Å². The van der Waals surface area contributed by atoms with Crippen LogP contribution >= 0.6 is 0 Å². The van der Waals surface area contributed by atoms with E-state index < -0.39 is 0 Å². The lowest BCUT2D eigenvalue weighted by molar-refractivity contribution is -0.116. The molecule has 28 heavy (non-hydrogen) atoms. The SMILES string of the molecule is O[C@@H]1C[C@@H]2CN(CCc3ccccc3)CC3(CN(Cc4ccccc4)C3)N2C1. The van der Waals surface area contributed by atoms with Crippen molar-refractivity contribution >= 4 is 0 Å². The van der Waals surface area contributed by atoms with E-state index in [9.17, 15) is 5.11 Å². The second-order valence-corrected chi connectivity index (χ2v) is 9.02. The summed E-state index contributed by atoms with van der Waals surface area (Å²) in [6, 6.07) is 22.1. The van der Waals surface area contributed by atoms with Crippen molar-refractivity contribution in [3.8, 4) is 0 Å². The lowest BCUT2D eigenvalue weighted by Gasteiger charge is -2.61. The van der Waals surface area contributed by atoms with Crippen molar-refractivity contribution in [2.45, 2.75) is 37.1 Å². The van der Waals surface area contributed by atoms with Crippen LogP contribution in [0.2, 0.25) is 0 Å². The Balaban J connectivity index is 1.25. The number of β-amino-alcohol motifs (C(OH)–C–C–N with tert-alkyl or cyclic N) is 1. The van der Waals surface area contributed by atoms with Gasteiger partial charge in [0.2, 0.25) is 0 Å². The summed E-state index contributed by atoms with van der Waals surface area (Å²) in [6.45, 7) is 7.48. The number of rotatable bonds is 5. The maximum Gasteiger partial charge on any atom is 0.0682 e. The topological polar surface area (TPSA) is 30.0 Å². The standard InChI is InChI=1S/C24H31N3O/c28-23-13-22-15-25(12-11-20-7-3-1-4-8-20)17-24(27(22)16-23)18-26(19-24)14-21-9-5-2-6-10-21/h1-10,22-23,28H,11-19H2/t22-,23-/m1/s1. The molecule has 0 aromatic heterocycles. The molecular weight excluding hydrogens is 346 g/mol. The molecule has 0 aliphatic carbocycles. The number of nitrogens with zero attached hydrogens (tertiary/aromatic N) is 3. The second kappa shape index (κ2) is 7.60. The lowest BCUT2D eigenvalue weighted by atomic mass is 9.83. The average molecular weight is 378 g/mol. The number of aliphatic hydroxyl groups excluding tert-OH is 1. The summed E-state index contributed by atoms with van der Waals surface area (Å²) < 4.78 is 0. The lowest BCUT2D eigenvalue weighted by Crippen LogP contribution is -2.77. The van der Waals surface area contributed by atoms with Crippen LogP contribution < -0.4 is 0 Å². The molecule has 0 unspecified atom stereocenters. The summed E-state index contributed by atoms with van der Waals surface area (Å²) in [5.41, 5.74) is 3.04. The van der Waals surface area contributed by atoms with Crippen LogP contribution in [0.5, 0.6) is 0 Å². The highest BCUT2D eigenvalue weighted by Gasteiger charge is 2.55. The highest BCUT2D eigenvalue weighted by atomic mass is 16.3. The molecule has 2 aromatic rings. The van der Waals surface area contributed by atoms with Crippen molar-refractivity contribution in [1.82, 2.24) is 14.7 Å². The Morgan fingerprint density at radius 2 is 1.46 bits per heavy atom. The van der Waals surface area contributed by atoms with Crippen LogP contribution in [0, 0.1) is 0 Å². The first-order chi connectivity index (χ1) is 13.7. The Kier molecular flexibility index (Phi) is 4.97. The Morgan fingerprint density at radius 1 is 0.821 bits per heavy atom. The van der Waals surface area contributed by atoms with Gasteiger partial charge in [-0.05, 0) is 24.0 Å². The number of benzene rings is 2. The third-order valence-corrected chi connectivity index (χ3v) is 6.83. The fourth-order valence-corrected chi connectivity index (χ4v) is 5.64. The maximum absolute atomic E-state index is 10.3. The fraction of sp³-hybridized carbons (Fsp3) is 0.500. The van der Waals surface area contributed by atoms with Gasteiger partial charge in [0.05, 0.1) is 11.6 Å². The summed E-state index contributed by atoms with van der Waals surface area (Å²) in [7, 11) is 0. The van der Waals surface area contributed by atoms with Crippen LogP contribution in [0.1, 0.15) is 17.5 Å². The van der Waals surface area contributed by atoms with Crippen LogP contribution in [-0.4, -0.2) is 76.8 Å². The van der Waals surface area contributed by atoms with Gasteiger partial charge in [-0.1, -0.05) is 60.7 Å². The Hall–Kier alpha value is -1.72. The minimum absolute atomic E-state index is 0.154. The van der Waals surface area contributed by atoms with Gasteiger partial charge in [-0.25, -0.2) is 0 Å². The molecule has 0 bridgehead atoms. The number of fused-ring (bicyclic) bond motifs is 2. The molecule has 0 saturated carbocycles. The van der Waals surface area contributed by atoms with E-state index in [1.165, 1.54) is 11.1 Å². The second-order valence-electron chi connectivity index (χ2n) is 9.02. The van der Waals surface area contributed by atoms with Crippen LogP contribution in [0.15, 0.2) is 60.7 Å². The minimum Gasteiger partial charge on any atom is -0.392 e. The zero-order chi connectivity index (χ0) is 19.0. The summed E-state index contributed by atoms with van der Waals surface area (Å²) in [4.78, 5) is 7.88. The predicted octanol–water partition coefficient (Wildman–Crippen LogP) is 2.23. The smallest absolute Gasteiger partial charge is 0.0682 e. The molecule has 0 radical (unpaired) electrons. The van der Waals surface area contributed by atoms with E-state index >= 15 is 0 Å². The zero-order valence-corrected chi connectivity index (χ0v) is 16.6. The largest absolute Gasteiger partial charge is 0.392 e. The molecule has 0 amide bonds. The summed E-state index contributed by atoms with van der Waals surface area (Å²) in [6.07, 6.45) is 1.89. The van der Waals surface area contributed by atoms with E-state index in [0.717, 1.165) is 58.7 Å². The molecule has 4 nitrogen and oxygen atoms in total. The molecule has 1 spiro atoms. The molecule has 3 heterocycles. The van der Waals surface area contributed by atoms with Crippen LogP contribution in [-0.2, 0) is 13.0 Å². The number of piperazine rings is 1. The molecule has 3 aliphatic heterocycles. The summed E-state index contributed by atoms with van der Waals surface area (Å²) >= 11 is 0. The quantitative estimate of drug-likeness (QED) is 0.866. The molecular formula is C24H31N3O. The van der Waals surface area contributed by atoms with Crippen molar-refractivity contribution in [3.05, 3.63) is 71.8 Å². The van der Waals surface area contributed by atoms with Crippen LogP contribution in [0.4, 0.5) is 0 Å². The van der Waals surface area contributed by atoms with E-state index in [1.807, 2.05) is 0 Å². The first kappa shape index (κ1) is 18.3. The average Bonchev–Trinajstić information content (AvgIpc) is 3.07. The monoisotopic (exact) mass is 377 g/mol. The molecule has 2 aromatic carbocycles. The number of aliphatic hydroxyl groups is 1. The molecule has 2 atom stereocenters. The van der Waals surface area contributed by atoms with Gasteiger partial charge in [-0.3, -0.25) is 14.7 Å². The highest BCUT2D eigenvalue weighted by Crippen LogP contribution is 2.39. The first-order valence-corrected chi connectivity index (χ1v) is 10.7. The molecule has 1 N–H and O–H groups in total. The molecule has 3 fully saturated rings. The number of hydrogen-bond acceptors (Lipinski definition) is 4. The van der Waals surface area contributed by atoms with Gasteiger partial charge in [0.25, 0.3) is 0 Å². The van der Waals surface area contributed by atoms with Gasteiger partial charge in [0, 0.05) is 51.9 Å². The summed E-state index contributed by atoms with van der Waals surface area (Å²) in [5.74, 6) is 0. The first-order valence-electron chi connectivity index (χ1n) is 10.7. The molecule has 3 saturated heterocycles. The van der Waals surface area contributed by atoms with Crippen LogP contribution in [0.25, 0.3) is 0 Å². The van der Waals surface area contributed by atoms with Crippen LogP contribution in [0.3, 0.4) is 0 Å². The van der Waals surface area contributed by atoms with E-state index in [0.29, 0.717) is 6.04 Å². The molecule has 4 heteroatoms. The predicted molar refractivity (Wildman–Crippen MR) is 112 cm³/mol. The third kappa shape index (κ3) is 3.62. The number of likely N-dealkylation sites (tertiary alicyclic amines) is 1. The van der Waals surface area contributed by atoms with Crippen molar-refractivity contribution in [1.29, 1.82) is 0 Å². The van der Waals surface area contributed by atoms with Crippen molar-refractivity contribution < 1.29 is 5.11 Å². The Labute approximate surface area is 168 Å². The van der Waals surface area contributed by atoms with Crippen molar-refractivity contribution in [3.63, 3.8) is 0 Å². The van der Waals surface area contributed by atoms with Gasteiger partial charge >= 0.3 is 0 Å². The molecule has 148 valence electrons. The van der Waals surface area contributed by atoms with Gasteiger partial charge in [-0.15, -0.1) is 0 Å². The Bertz CT molecular complexity index is 775. The van der Waals surface area contributed by atoms with Crippen molar-refractivity contribution in [2.75, 3.05) is 39.3 Å². The molecule has 3 aliphatic rings. The van der Waals surface area contributed by atoms with E-state index in [1.54, 1.807) is 0 Å². The van der Waals surface area contributed by atoms with Crippen molar-refractivity contribution in [2.24, 2.45) is 0 Å². The van der Waals surface area contributed by atoms with Gasteiger partial charge in [-0.2, -0.15) is 0 Å². The van der Waals surface area contributed by atoms with Gasteiger partial charge in [0.15, 0.2) is 0 Å². The summed E-state index contributed by atoms with van der Waals surface area (Å²) in [5, 5.41) is 10.3. The minimum atomic E-state index is -0.154. The van der Waals surface area contributed by atoms with Gasteiger partial charge < -0.3 is 5.11 Å². The van der Waals surface area contributed by atoms with Gasteiger partial charge in [0.1, 0.15) is 0 Å². The number of hydrogen-bond donors (Lipinski definition) is 1. The highest BCUT2D eigenvalue weighted by molar-refractivity contribution is 5.19. The molecule has 5 rings (SSSR count). The Morgan fingerprint density at radius 3 is 2.18 bits per heavy atom. The zero-order valence-electron chi connectivity index (χ0n) is 16.6. The normalized spacial score (nSPS) is 27.6. The van der Waals surface area contributed by atoms with E-state index in [4.69, 9.17) is 0 Å². The third-order valence-electron chi connectivity index (χ3n) is 6.83. The maximum atomic E-state index is 10.3.